The van der Waals surface area contributed by atoms with Gasteiger partial charge in [-0.1, -0.05) is 49.2 Å². The van der Waals surface area contributed by atoms with Crippen molar-refractivity contribution < 1.29 is 18.0 Å². The summed E-state index contributed by atoms with van der Waals surface area (Å²) in [6, 6.07) is 12.7. The van der Waals surface area contributed by atoms with Crippen molar-refractivity contribution in [2.75, 3.05) is 6.54 Å². The van der Waals surface area contributed by atoms with Gasteiger partial charge in [-0.2, -0.15) is 13.2 Å². The van der Waals surface area contributed by atoms with Gasteiger partial charge in [-0.25, -0.2) is 4.79 Å². The molecule has 2 aromatic rings. The van der Waals surface area contributed by atoms with Crippen LogP contribution in [0.4, 0.5) is 18.0 Å². The molecule has 148 valence electrons. The van der Waals surface area contributed by atoms with Crippen LogP contribution in [0.15, 0.2) is 48.5 Å². The fourth-order valence-corrected chi connectivity index (χ4v) is 4.33. The maximum absolute atomic E-state index is 13.0. The number of hydrogen-bond acceptors (Lipinski definition) is 1. The molecule has 1 unspecified atom stereocenters. The number of alkyl halides is 3. The number of nitrogens with one attached hydrogen (secondary N) is 1. The lowest BCUT2D eigenvalue weighted by atomic mass is 9.88. The van der Waals surface area contributed by atoms with E-state index in [9.17, 15) is 18.0 Å². The zero-order valence-electron chi connectivity index (χ0n) is 15.5. The molecule has 0 aromatic heterocycles. The number of halogens is 3. The molecular weight excluding hydrogens is 365 g/mol. The highest BCUT2D eigenvalue weighted by Gasteiger charge is 2.34. The van der Waals surface area contributed by atoms with Crippen LogP contribution >= 0.6 is 0 Å². The summed E-state index contributed by atoms with van der Waals surface area (Å²) in [6.45, 7) is 0.543. The van der Waals surface area contributed by atoms with Crippen LogP contribution < -0.4 is 5.32 Å². The first-order valence-electron chi connectivity index (χ1n) is 9.75. The number of benzene rings is 2. The Hall–Kier alpha value is -2.50. The van der Waals surface area contributed by atoms with Gasteiger partial charge in [-0.15, -0.1) is 0 Å². The predicted octanol–water partition coefficient (Wildman–Crippen LogP) is 5.31. The topological polar surface area (TPSA) is 32.3 Å². The summed E-state index contributed by atoms with van der Waals surface area (Å²) in [5.41, 5.74) is 2.14. The van der Waals surface area contributed by atoms with E-state index in [0.717, 1.165) is 55.4 Å². The van der Waals surface area contributed by atoms with E-state index in [1.165, 1.54) is 12.1 Å². The average molecular weight is 388 g/mol. The van der Waals surface area contributed by atoms with Crippen LogP contribution in [0.2, 0.25) is 0 Å². The van der Waals surface area contributed by atoms with Crippen molar-refractivity contribution in [2.45, 2.75) is 50.4 Å². The second-order valence-electron chi connectivity index (χ2n) is 7.60. The smallest absolute Gasteiger partial charge is 0.335 e. The maximum atomic E-state index is 13.0. The highest BCUT2D eigenvalue weighted by molar-refractivity contribution is 5.76. The lowest BCUT2D eigenvalue weighted by molar-refractivity contribution is -0.137. The molecule has 0 radical (unpaired) electrons. The van der Waals surface area contributed by atoms with Crippen molar-refractivity contribution >= 4 is 6.03 Å². The van der Waals surface area contributed by atoms with Gasteiger partial charge in [0.05, 0.1) is 11.6 Å². The summed E-state index contributed by atoms with van der Waals surface area (Å²) < 4.78 is 38.9. The number of fused-ring (bicyclic) bond motifs is 1. The molecule has 2 aliphatic rings. The zero-order valence-corrected chi connectivity index (χ0v) is 15.5. The Labute approximate surface area is 162 Å². The summed E-state index contributed by atoms with van der Waals surface area (Å²) in [5, 5.41) is 3.12. The molecule has 1 saturated carbocycles. The Morgan fingerprint density at radius 3 is 2.36 bits per heavy atom. The molecule has 0 saturated heterocycles. The molecule has 2 amide bonds. The third-order valence-corrected chi connectivity index (χ3v) is 5.78. The van der Waals surface area contributed by atoms with Crippen LogP contribution in [0.1, 0.15) is 54.0 Å². The quantitative estimate of drug-likeness (QED) is 0.743. The molecule has 1 aliphatic heterocycles. The highest BCUT2D eigenvalue weighted by atomic mass is 19.4. The van der Waals surface area contributed by atoms with Gasteiger partial charge >= 0.3 is 12.2 Å². The number of carbonyl (C=O) groups is 1. The van der Waals surface area contributed by atoms with E-state index in [0.29, 0.717) is 12.1 Å². The lowest BCUT2D eigenvalue weighted by Crippen LogP contribution is -2.48. The van der Waals surface area contributed by atoms with Crippen molar-refractivity contribution in [3.05, 3.63) is 70.8 Å². The van der Waals surface area contributed by atoms with Gasteiger partial charge in [0.15, 0.2) is 0 Å². The molecule has 1 aliphatic carbocycles. The van der Waals surface area contributed by atoms with Crippen LogP contribution in [0.5, 0.6) is 0 Å². The molecule has 1 N–H and O–H groups in total. The molecule has 1 heterocycles. The predicted molar refractivity (Wildman–Crippen MR) is 101 cm³/mol. The van der Waals surface area contributed by atoms with Gasteiger partial charge in [-0.05, 0) is 48.1 Å². The van der Waals surface area contributed by atoms with Crippen LogP contribution in [0.25, 0.3) is 0 Å². The monoisotopic (exact) mass is 388 g/mol. The van der Waals surface area contributed by atoms with Crippen LogP contribution in [0, 0.1) is 0 Å². The van der Waals surface area contributed by atoms with E-state index >= 15 is 0 Å². The number of carbonyl (C=O) groups excluding carboxylic acids is 1. The summed E-state index contributed by atoms with van der Waals surface area (Å²) in [5.74, 6) is 0. The SMILES string of the molecule is O=C(NC1CCCC1)N1CCc2ccccc2C1c1ccc(C(F)(F)F)cc1. The van der Waals surface area contributed by atoms with Crippen molar-refractivity contribution in [1.29, 1.82) is 0 Å². The molecule has 0 bridgehead atoms. The highest BCUT2D eigenvalue weighted by Crippen LogP contribution is 2.37. The molecule has 1 fully saturated rings. The van der Waals surface area contributed by atoms with E-state index in [1.54, 1.807) is 4.90 Å². The van der Waals surface area contributed by atoms with Crippen molar-refractivity contribution in [2.24, 2.45) is 0 Å². The Morgan fingerprint density at radius 1 is 1.00 bits per heavy atom. The molecule has 0 spiro atoms. The van der Waals surface area contributed by atoms with Crippen LogP contribution in [-0.4, -0.2) is 23.5 Å². The standard InChI is InChI=1S/C22H23F3N2O/c23-22(24,25)17-11-9-16(10-12-17)20-19-8-4-1-5-15(19)13-14-27(20)21(28)26-18-6-2-3-7-18/h1,4-5,8-12,18,20H,2-3,6-7,13-14H2,(H,26,28). The van der Waals surface area contributed by atoms with Gasteiger partial charge in [0.2, 0.25) is 0 Å². The zero-order chi connectivity index (χ0) is 19.7. The van der Waals surface area contributed by atoms with Crippen molar-refractivity contribution in [3.63, 3.8) is 0 Å². The fraction of sp³-hybridized carbons (Fsp3) is 0.409. The Kier molecular flexibility index (Phi) is 5.04. The summed E-state index contributed by atoms with van der Waals surface area (Å²) in [6.07, 6.45) is 0.586. The minimum absolute atomic E-state index is 0.133. The molecule has 3 nitrogen and oxygen atoms in total. The Balaban J connectivity index is 1.67. The van der Waals surface area contributed by atoms with Crippen LogP contribution in [-0.2, 0) is 12.6 Å². The van der Waals surface area contributed by atoms with E-state index in [4.69, 9.17) is 0 Å². The van der Waals surface area contributed by atoms with Crippen LogP contribution in [0.3, 0.4) is 0 Å². The second kappa shape index (κ2) is 7.49. The summed E-state index contributed by atoms with van der Waals surface area (Å²) in [4.78, 5) is 14.8. The first-order valence-corrected chi connectivity index (χ1v) is 9.75. The van der Waals surface area contributed by atoms with Gasteiger partial charge in [0.25, 0.3) is 0 Å². The summed E-state index contributed by atoms with van der Waals surface area (Å²) in [7, 11) is 0. The van der Waals surface area contributed by atoms with Gasteiger partial charge < -0.3 is 10.2 Å². The largest absolute Gasteiger partial charge is 0.416 e. The number of rotatable bonds is 2. The van der Waals surface area contributed by atoms with Crippen molar-refractivity contribution in [1.82, 2.24) is 10.2 Å². The number of amides is 2. The Bertz CT molecular complexity index is 842. The van der Waals surface area contributed by atoms with E-state index in [1.807, 2.05) is 24.3 Å². The molecule has 6 heteroatoms. The second-order valence-corrected chi connectivity index (χ2v) is 7.60. The first-order chi connectivity index (χ1) is 13.4. The van der Waals surface area contributed by atoms with E-state index in [2.05, 4.69) is 5.32 Å². The fourth-order valence-electron chi connectivity index (χ4n) is 4.33. The molecule has 2 aromatic carbocycles. The normalized spacial score (nSPS) is 20.1. The molecule has 28 heavy (non-hydrogen) atoms. The third-order valence-electron chi connectivity index (χ3n) is 5.78. The van der Waals surface area contributed by atoms with E-state index in [-0.39, 0.29) is 18.1 Å². The molecule has 1 atom stereocenters. The minimum Gasteiger partial charge on any atom is -0.335 e. The maximum Gasteiger partial charge on any atom is 0.416 e. The average Bonchev–Trinajstić information content (AvgIpc) is 3.19. The first kappa shape index (κ1) is 18.8. The lowest BCUT2D eigenvalue weighted by Gasteiger charge is -2.38. The molecule has 4 rings (SSSR count). The molecular formula is C22H23F3N2O. The third kappa shape index (κ3) is 3.73. The minimum atomic E-state index is -4.37. The number of hydrogen-bond donors (Lipinski definition) is 1. The number of nitrogens with zero attached hydrogens (tertiary/aromatic N) is 1. The summed E-state index contributed by atoms with van der Waals surface area (Å²) >= 11 is 0. The Morgan fingerprint density at radius 2 is 1.68 bits per heavy atom. The van der Waals surface area contributed by atoms with Gasteiger partial charge in [-0.3, -0.25) is 0 Å². The van der Waals surface area contributed by atoms with E-state index < -0.39 is 11.7 Å². The van der Waals surface area contributed by atoms with Gasteiger partial charge in [0.1, 0.15) is 0 Å². The van der Waals surface area contributed by atoms with Gasteiger partial charge in [0, 0.05) is 12.6 Å². The number of urea groups is 1. The van der Waals surface area contributed by atoms with Crippen molar-refractivity contribution in [3.8, 4) is 0 Å².